The first-order valence-corrected chi connectivity index (χ1v) is 9.86. The minimum Gasteiger partial charge on any atom is -0.353 e. The maximum Gasteiger partial charge on any atom is 0.253 e. The van der Waals surface area contributed by atoms with E-state index in [4.69, 9.17) is 0 Å². The molecule has 0 radical (unpaired) electrons. The smallest absolute Gasteiger partial charge is 0.253 e. The molecule has 3 aromatic heterocycles. The van der Waals surface area contributed by atoms with Gasteiger partial charge < -0.3 is 14.4 Å². The van der Waals surface area contributed by atoms with Crippen molar-refractivity contribution in [2.24, 2.45) is 0 Å². The van der Waals surface area contributed by atoms with Crippen LogP contribution >= 0.6 is 0 Å². The van der Waals surface area contributed by atoms with E-state index in [1.165, 1.54) is 0 Å². The predicted octanol–water partition coefficient (Wildman–Crippen LogP) is 2.42. The second kappa shape index (κ2) is 7.82. The zero-order chi connectivity index (χ0) is 20.3. The van der Waals surface area contributed by atoms with Gasteiger partial charge in [0.2, 0.25) is 0 Å². The van der Waals surface area contributed by atoms with Gasteiger partial charge in [-0.25, -0.2) is 15.0 Å². The first-order valence-electron chi connectivity index (χ1n) is 9.86. The number of hydrogen-bond donors (Lipinski definition) is 0. The van der Waals surface area contributed by atoms with Gasteiger partial charge in [0.25, 0.3) is 5.91 Å². The number of benzene rings is 1. The molecule has 0 unspecified atom stereocenters. The van der Waals surface area contributed by atoms with Gasteiger partial charge in [-0.3, -0.25) is 9.36 Å². The van der Waals surface area contributed by atoms with E-state index in [-0.39, 0.29) is 5.91 Å². The average molecular weight is 399 g/mol. The molecule has 0 spiro atoms. The lowest BCUT2D eigenvalue weighted by Crippen LogP contribution is -2.49. The molecule has 30 heavy (non-hydrogen) atoms. The van der Waals surface area contributed by atoms with Gasteiger partial charge >= 0.3 is 0 Å². The average Bonchev–Trinajstić information content (AvgIpc) is 3.54. The van der Waals surface area contributed by atoms with E-state index in [1.807, 2.05) is 75.1 Å². The summed E-state index contributed by atoms with van der Waals surface area (Å²) in [6.07, 6.45) is 10.8. The molecular formula is C22H21N7O. The third kappa shape index (κ3) is 3.55. The molecule has 4 aromatic rings. The fraction of sp³-hybridized carbons (Fsp3) is 0.182. The molecule has 1 saturated heterocycles. The van der Waals surface area contributed by atoms with Gasteiger partial charge in [-0.15, -0.1) is 0 Å². The highest BCUT2D eigenvalue weighted by molar-refractivity contribution is 5.94. The molecule has 0 bridgehead atoms. The number of hydrogen-bond acceptors (Lipinski definition) is 5. The molecule has 8 heteroatoms. The molecule has 1 aromatic carbocycles. The van der Waals surface area contributed by atoms with Crippen LogP contribution in [0.25, 0.3) is 11.5 Å². The van der Waals surface area contributed by atoms with Gasteiger partial charge in [-0.05, 0) is 36.4 Å². The highest BCUT2D eigenvalue weighted by atomic mass is 16.2. The zero-order valence-electron chi connectivity index (χ0n) is 16.4. The van der Waals surface area contributed by atoms with Crippen LogP contribution in [-0.2, 0) is 0 Å². The van der Waals surface area contributed by atoms with Crippen LogP contribution in [0.4, 0.5) is 5.82 Å². The monoisotopic (exact) mass is 399 g/mol. The Labute approximate surface area is 174 Å². The lowest BCUT2D eigenvalue weighted by Gasteiger charge is -2.35. The summed E-state index contributed by atoms with van der Waals surface area (Å²) >= 11 is 0. The molecule has 0 N–H and O–H groups in total. The van der Waals surface area contributed by atoms with Crippen molar-refractivity contribution in [2.75, 3.05) is 31.1 Å². The van der Waals surface area contributed by atoms with Crippen LogP contribution in [0.2, 0.25) is 0 Å². The second-order valence-corrected chi connectivity index (χ2v) is 7.12. The van der Waals surface area contributed by atoms with Crippen LogP contribution in [0.5, 0.6) is 0 Å². The fourth-order valence-electron chi connectivity index (χ4n) is 3.65. The van der Waals surface area contributed by atoms with Gasteiger partial charge in [-0.2, -0.15) is 0 Å². The summed E-state index contributed by atoms with van der Waals surface area (Å²) in [6, 6.07) is 13.6. The molecule has 0 aliphatic carbocycles. The van der Waals surface area contributed by atoms with Gasteiger partial charge in [0, 0.05) is 68.3 Å². The third-order valence-corrected chi connectivity index (χ3v) is 5.31. The standard InChI is InChI=1S/C22H21N7O/c30-22(18-3-5-19(6-4-18)26-8-1-2-9-26)28-13-11-27(12-14-28)20-15-21(25-16-24-20)29-10-7-23-17-29/h1-10,15-17H,11-14H2. The van der Waals surface area contributed by atoms with Crippen LogP contribution in [0.15, 0.2) is 79.9 Å². The summed E-state index contributed by atoms with van der Waals surface area (Å²) in [5, 5.41) is 0. The Kier molecular flexibility index (Phi) is 4.72. The van der Waals surface area contributed by atoms with Crippen molar-refractivity contribution in [1.29, 1.82) is 0 Å². The highest BCUT2D eigenvalue weighted by Gasteiger charge is 2.23. The number of carbonyl (C=O) groups excluding carboxylic acids is 1. The van der Waals surface area contributed by atoms with E-state index >= 15 is 0 Å². The maximum absolute atomic E-state index is 12.9. The van der Waals surface area contributed by atoms with Gasteiger partial charge in [0.1, 0.15) is 24.3 Å². The van der Waals surface area contributed by atoms with Crippen molar-refractivity contribution >= 4 is 11.7 Å². The largest absolute Gasteiger partial charge is 0.353 e. The SMILES string of the molecule is O=C(c1ccc(-n2cccc2)cc1)N1CCN(c2cc(-n3ccnc3)ncn2)CC1. The van der Waals surface area contributed by atoms with Crippen LogP contribution < -0.4 is 4.90 Å². The van der Waals surface area contributed by atoms with Crippen molar-refractivity contribution in [3.05, 3.63) is 85.5 Å². The first kappa shape index (κ1) is 18.1. The van der Waals surface area contributed by atoms with Crippen LogP contribution in [0, 0.1) is 0 Å². The van der Waals surface area contributed by atoms with Crippen molar-refractivity contribution in [2.45, 2.75) is 0 Å². The van der Waals surface area contributed by atoms with Gasteiger partial charge in [0.15, 0.2) is 0 Å². The second-order valence-electron chi connectivity index (χ2n) is 7.12. The van der Waals surface area contributed by atoms with E-state index in [9.17, 15) is 4.79 Å². The Morgan fingerprint density at radius 2 is 1.57 bits per heavy atom. The molecule has 5 rings (SSSR count). The lowest BCUT2D eigenvalue weighted by molar-refractivity contribution is 0.0746. The Hall–Kier alpha value is -3.94. The van der Waals surface area contributed by atoms with Crippen LogP contribution in [-0.4, -0.2) is 61.1 Å². The fourth-order valence-corrected chi connectivity index (χ4v) is 3.65. The number of nitrogens with zero attached hydrogens (tertiary/aromatic N) is 7. The summed E-state index contributed by atoms with van der Waals surface area (Å²) in [7, 11) is 0. The molecule has 4 heterocycles. The van der Waals surface area contributed by atoms with Crippen LogP contribution in [0.3, 0.4) is 0 Å². The normalized spacial score (nSPS) is 14.1. The van der Waals surface area contributed by atoms with Crippen molar-refractivity contribution < 1.29 is 4.79 Å². The lowest BCUT2D eigenvalue weighted by atomic mass is 10.1. The molecular weight excluding hydrogens is 378 g/mol. The Balaban J connectivity index is 1.24. The number of piperazine rings is 1. The summed E-state index contributed by atoms with van der Waals surface area (Å²) in [6.45, 7) is 2.77. The molecule has 0 saturated carbocycles. The van der Waals surface area contributed by atoms with Crippen molar-refractivity contribution in [1.82, 2.24) is 29.0 Å². The Bertz CT molecular complexity index is 1110. The van der Waals surface area contributed by atoms with E-state index < -0.39 is 0 Å². The summed E-state index contributed by atoms with van der Waals surface area (Å²) in [5.74, 6) is 1.70. The van der Waals surface area contributed by atoms with E-state index in [0.29, 0.717) is 18.7 Å². The molecule has 8 nitrogen and oxygen atoms in total. The molecule has 1 aliphatic heterocycles. The predicted molar refractivity (Wildman–Crippen MR) is 113 cm³/mol. The maximum atomic E-state index is 12.9. The topological polar surface area (TPSA) is 72.1 Å². The van der Waals surface area contributed by atoms with Gasteiger partial charge in [-0.1, -0.05) is 0 Å². The van der Waals surface area contributed by atoms with Gasteiger partial charge in [0.05, 0.1) is 0 Å². The van der Waals surface area contributed by atoms with E-state index in [2.05, 4.69) is 19.9 Å². The van der Waals surface area contributed by atoms with E-state index in [1.54, 1.807) is 18.9 Å². The number of anilines is 1. The van der Waals surface area contributed by atoms with Crippen LogP contribution in [0.1, 0.15) is 10.4 Å². The van der Waals surface area contributed by atoms with Crippen molar-refractivity contribution in [3.63, 3.8) is 0 Å². The quantitative estimate of drug-likeness (QED) is 0.527. The molecule has 1 aliphatic rings. The number of aromatic nitrogens is 5. The number of imidazole rings is 1. The first-order chi connectivity index (χ1) is 14.8. The number of amides is 1. The molecule has 1 amide bonds. The Morgan fingerprint density at radius 1 is 0.833 bits per heavy atom. The summed E-state index contributed by atoms with van der Waals surface area (Å²) in [4.78, 5) is 29.8. The minimum atomic E-state index is 0.0653. The molecule has 1 fully saturated rings. The minimum absolute atomic E-state index is 0.0653. The zero-order valence-corrected chi connectivity index (χ0v) is 16.4. The highest BCUT2D eigenvalue weighted by Crippen LogP contribution is 2.18. The summed E-state index contributed by atoms with van der Waals surface area (Å²) in [5.41, 5.74) is 1.75. The van der Waals surface area contributed by atoms with Crippen molar-refractivity contribution in [3.8, 4) is 11.5 Å². The molecule has 150 valence electrons. The van der Waals surface area contributed by atoms with E-state index in [0.717, 1.165) is 30.4 Å². The number of carbonyl (C=O) groups is 1. The molecule has 0 atom stereocenters. The third-order valence-electron chi connectivity index (χ3n) is 5.31. The number of rotatable bonds is 4. The summed E-state index contributed by atoms with van der Waals surface area (Å²) < 4.78 is 3.87. The Morgan fingerprint density at radius 3 is 2.27 bits per heavy atom.